The van der Waals surface area contributed by atoms with Gasteiger partial charge in [-0.1, -0.05) is 42.5 Å². The quantitative estimate of drug-likeness (QED) is 0.674. The highest BCUT2D eigenvalue weighted by molar-refractivity contribution is 7.71. The Kier molecular flexibility index (Phi) is 4.93. The summed E-state index contributed by atoms with van der Waals surface area (Å²) in [6.07, 6.45) is -3.18. The highest BCUT2D eigenvalue weighted by Gasteiger charge is 2.43. The maximum Gasteiger partial charge on any atom is 0.331 e. The Labute approximate surface area is 143 Å². The third-order valence-electron chi connectivity index (χ3n) is 4.07. The lowest BCUT2D eigenvalue weighted by atomic mass is 10.1. The molecule has 8 heteroatoms. The second-order valence-electron chi connectivity index (χ2n) is 5.64. The number of aliphatic hydroxyl groups is 3. The topological polar surface area (TPSA) is 96.8 Å². The Morgan fingerprint density at radius 2 is 1.83 bits per heavy atom. The molecule has 0 unspecified atom stereocenters. The van der Waals surface area contributed by atoms with E-state index in [4.69, 9.17) is 17.0 Å². The maximum absolute atomic E-state index is 12.8. The molecule has 1 aromatic heterocycles. The minimum atomic E-state index is -1.32. The van der Waals surface area contributed by atoms with E-state index in [1.807, 2.05) is 30.3 Å². The number of hydrogen-bond donors (Lipinski definition) is 3. The van der Waals surface area contributed by atoms with Gasteiger partial charge >= 0.3 is 5.69 Å². The van der Waals surface area contributed by atoms with Crippen molar-refractivity contribution < 1.29 is 20.1 Å². The van der Waals surface area contributed by atoms with Crippen LogP contribution in [0.2, 0.25) is 0 Å². The molecule has 7 nitrogen and oxygen atoms in total. The lowest BCUT2D eigenvalue weighted by Crippen LogP contribution is -2.38. The Hall–Kier alpha value is -1.84. The molecule has 2 heterocycles. The SMILES string of the molecule is O=c1n([C@@H]2O[C@H](CO)[C@@H](O)[C@H]2O)ccc(=S)n1Cc1ccccc1. The molecule has 1 aliphatic rings. The molecule has 0 aliphatic carbocycles. The summed E-state index contributed by atoms with van der Waals surface area (Å²) in [5.74, 6) is 0. The molecule has 0 amide bonds. The molecule has 1 fully saturated rings. The van der Waals surface area contributed by atoms with Crippen molar-refractivity contribution in [3.63, 3.8) is 0 Å². The van der Waals surface area contributed by atoms with Gasteiger partial charge < -0.3 is 20.1 Å². The number of nitrogens with zero attached hydrogens (tertiary/aromatic N) is 2. The number of aromatic nitrogens is 2. The number of aliphatic hydroxyl groups excluding tert-OH is 3. The number of benzene rings is 1. The summed E-state index contributed by atoms with van der Waals surface area (Å²) in [4.78, 5) is 12.8. The fourth-order valence-electron chi connectivity index (χ4n) is 2.75. The van der Waals surface area contributed by atoms with Crippen molar-refractivity contribution in [3.05, 3.63) is 63.3 Å². The van der Waals surface area contributed by atoms with Crippen LogP contribution in [0.1, 0.15) is 11.8 Å². The Morgan fingerprint density at radius 3 is 2.46 bits per heavy atom. The van der Waals surface area contributed by atoms with Crippen molar-refractivity contribution >= 4 is 12.2 Å². The zero-order valence-corrected chi connectivity index (χ0v) is 13.5. The van der Waals surface area contributed by atoms with Gasteiger partial charge in [0.15, 0.2) is 6.23 Å². The van der Waals surface area contributed by atoms with E-state index < -0.39 is 36.8 Å². The molecule has 24 heavy (non-hydrogen) atoms. The minimum absolute atomic E-state index is 0.286. The van der Waals surface area contributed by atoms with Gasteiger partial charge in [0.05, 0.1) is 13.2 Å². The lowest BCUT2D eigenvalue weighted by Gasteiger charge is -2.19. The molecule has 0 spiro atoms. The van der Waals surface area contributed by atoms with Gasteiger partial charge in [0, 0.05) is 6.20 Å². The summed E-state index contributed by atoms with van der Waals surface area (Å²) < 4.78 is 8.34. The van der Waals surface area contributed by atoms with Gasteiger partial charge in [-0.05, 0) is 11.6 Å². The molecule has 1 saturated heterocycles. The summed E-state index contributed by atoms with van der Waals surface area (Å²) in [6.45, 7) is -0.166. The lowest BCUT2D eigenvalue weighted by molar-refractivity contribution is -0.0555. The van der Waals surface area contributed by atoms with Crippen molar-refractivity contribution in [1.29, 1.82) is 0 Å². The summed E-state index contributed by atoms with van der Waals surface area (Å²) in [7, 11) is 0. The molecular weight excluding hydrogens is 332 g/mol. The standard InChI is InChI=1S/C16H18N2O5S/c19-9-11-13(20)14(21)15(23-11)17-7-6-12(24)18(16(17)22)8-10-4-2-1-3-5-10/h1-7,11,13-15,19-21H,8-9H2/t11-,13-,14-,15-/m1/s1. The van der Waals surface area contributed by atoms with Crippen LogP contribution in [0.15, 0.2) is 47.4 Å². The molecule has 3 rings (SSSR count). The van der Waals surface area contributed by atoms with Crippen molar-refractivity contribution in [2.45, 2.75) is 31.1 Å². The predicted octanol–water partition coefficient (Wildman–Crippen LogP) is 0.0391. The summed E-state index contributed by atoms with van der Waals surface area (Å²) in [5.41, 5.74) is 0.450. The number of hydrogen-bond acceptors (Lipinski definition) is 6. The smallest absolute Gasteiger partial charge is 0.331 e. The average molecular weight is 350 g/mol. The molecule has 3 N–H and O–H groups in total. The van der Waals surface area contributed by atoms with Crippen LogP contribution < -0.4 is 5.69 Å². The monoisotopic (exact) mass is 350 g/mol. The van der Waals surface area contributed by atoms with Crippen LogP contribution in [0, 0.1) is 4.64 Å². The second kappa shape index (κ2) is 6.96. The van der Waals surface area contributed by atoms with E-state index in [2.05, 4.69) is 0 Å². The highest BCUT2D eigenvalue weighted by Crippen LogP contribution is 2.28. The van der Waals surface area contributed by atoms with E-state index in [0.29, 0.717) is 4.64 Å². The normalized spacial score (nSPS) is 26.6. The minimum Gasteiger partial charge on any atom is -0.394 e. The zero-order valence-electron chi connectivity index (χ0n) is 12.7. The van der Waals surface area contributed by atoms with Crippen LogP contribution >= 0.6 is 12.2 Å². The van der Waals surface area contributed by atoms with Crippen LogP contribution in [0.25, 0.3) is 0 Å². The van der Waals surface area contributed by atoms with Gasteiger partial charge in [0.1, 0.15) is 23.0 Å². The van der Waals surface area contributed by atoms with E-state index in [0.717, 1.165) is 5.56 Å². The molecule has 0 radical (unpaired) electrons. The Balaban J connectivity index is 1.98. The first kappa shape index (κ1) is 17.0. The van der Waals surface area contributed by atoms with Gasteiger partial charge in [0.2, 0.25) is 0 Å². The van der Waals surface area contributed by atoms with E-state index in [-0.39, 0.29) is 6.54 Å². The van der Waals surface area contributed by atoms with E-state index in [1.54, 1.807) is 6.07 Å². The third-order valence-corrected chi connectivity index (χ3v) is 4.43. The van der Waals surface area contributed by atoms with Gasteiger partial charge in [-0.25, -0.2) is 4.79 Å². The van der Waals surface area contributed by atoms with Crippen molar-refractivity contribution in [2.24, 2.45) is 0 Å². The van der Waals surface area contributed by atoms with Gasteiger partial charge in [-0.15, -0.1) is 0 Å². The summed E-state index contributed by atoms with van der Waals surface area (Å²) in [5, 5.41) is 29.1. The van der Waals surface area contributed by atoms with Crippen LogP contribution in [-0.2, 0) is 11.3 Å². The average Bonchev–Trinajstić information content (AvgIpc) is 2.88. The molecule has 1 aromatic carbocycles. The highest BCUT2D eigenvalue weighted by atomic mass is 32.1. The maximum atomic E-state index is 12.8. The molecule has 0 saturated carbocycles. The number of rotatable bonds is 4. The molecule has 128 valence electrons. The van der Waals surface area contributed by atoms with Crippen LogP contribution in [0.4, 0.5) is 0 Å². The van der Waals surface area contributed by atoms with Crippen LogP contribution in [0.3, 0.4) is 0 Å². The molecule has 1 aliphatic heterocycles. The first-order valence-corrected chi connectivity index (χ1v) is 7.92. The van der Waals surface area contributed by atoms with E-state index >= 15 is 0 Å². The second-order valence-corrected chi connectivity index (χ2v) is 6.06. The molecule has 2 aromatic rings. The van der Waals surface area contributed by atoms with Crippen molar-refractivity contribution in [1.82, 2.24) is 9.13 Å². The molecule has 4 atom stereocenters. The van der Waals surface area contributed by atoms with Crippen molar-refractivity contribution in [2.75, 3.05) is 6.61 Å². The fourth-order valence-corrected chi connectivity index (χ4v) is 2.95. The third kappa shape index (κ3) is 3.06. The predicted molar refractivity (Wildman–Crippen MR) is 88.1 cm³/mol. The van der Waals surface area contributed by atoms with E-state index in [9.17, 15) is 20.1 Å². The van der Waals surface area contributed by atoms with Crippen molar-refractivity contribution in [3.8, 4) is 0 Å². The summed E-state index contributed by atoms with van der Waals surface area (Å²) >= 11 is 5.23. The summed E-state index contributed by atoms with van der Waals surface area (Å²) in [6, 6.07) is 10.9. The first-order chi connectivity index (χ1) is 11.5. The van der Waals surface area contributed by atoms with Gasteiger partial charge in [-0.2, -0.15) is 0 Å². The molecular formula is C16H18N2O5S. The number of ether oxygens (including phenoxy) is 1. The Bertz CT molecular complexity index is 819. The Morgan fingerprint density at radius 1 is 1.12 bits per heavy atom. The zero-order chi connectivity index (χ0) is 17.3. The largest absolute Gasteiger partial charge is 0.394 e. The molecule has 0 bridgehead atoms. The van der Waals surface area contributed by atoms with E-state index in [1.165, 1.54) is 15.3 Å². The first-order valence-electron chi connectivity index (χ1n) is 7.51. The van der Waals surface area contributed by atoms with Crippen LogP contribution in [0.5, 0.6) is 0 Å². The van der Waals surface area contributed by atoms with Gasteiger partial charge in [-0.3, -0.25) is 9.13 Å². The van der Waals surface area contributed by atoms with Crippen LogP contribution in [-0.4, -0.2) is 49.4 Å². The fraction of sp³-hybridized carbons (Fsp3) is 0.375. The van der Waals surface area contributed by atoms with Gasteiger partial charge in [0.25, 0.3) is 0 Å².